The van der Waals surface area contributed by atoms with Crippen LogP contribution in [0.15, 0.2) is 47.3 Å². The second-order valence-electron chi connectivity index (χ2n) is 5.75. The van der Waals surface area contributed by atoms with Gasteiger partial charge in [0.1, 0.15) is 0 Å². The molecule has 0 aliphatic heterocycles. The number of rotatable bonds is 5. The highest BCUT2D eigenvalue weighted by Crippen LogP contribution is 2.21. The Labute approximate surface area is 154 Å². The standard InChI is InChI=1S/C18H19ClF3N3O/c1-12-7-13(9-25-17(12)26-11-18(20,21)22)8-24-10-14-15(19)5-3-2-4-6-16(14)23/h4-7,9-10,23-24H,2-3,8,11H2,1H3/b6-4-,14-10-,15-5+,23-16?. The first-order valence-corrected chi connectivity index (χ1v) is 8.34. The van der Waals surface area contributed by atoms with E-state index < -0.39 is 12.8 Å². The summed E-state index contributed by atoms with van der Waals surface area (Å²) in [6, 6.07) is 1.70. The van der Waals surface area contributed by atoms with Gasteiger partial charge in [-0.25, -0.2) is 4.98 Å². The Bertz CT molecular complexity index is 751. The molecule has 0 radical (unpaired) electrons. The van der Waals surface area contributed by atoms with E-state index in [1.54, 1.807) is 25.3 Å². The number of alkyl halides is 3. The van der Waals surface area contributed by atoms with Crippen LogP contribution < -0.4 is 10.1 Å². The minimum Gasteiger partial charge on any atom is -0.468 e. The average molecular weight is 386 g/mol. The molecule has 2 rings (SSSR count). The Morgan fingerprint density at radius 2 is 2.15 bits per heavy atom. The highest BCUT2D eigenvalue weighted by Gasteiger charge is 2.28. The molecule has 1 aromatic rings. The summed E-state index contributed by atoms with van der Waals surface area (Å²) in [7, 11) is 0. The first kappa shape index (κ1) is 20.0. The van der Waals surface area contributed by atoms with E-state index in [2.05, 4.69) is 15.0 Å². The molecule has 0 bridgehead atoms. The van der Waals surface area contributed by atoms with Crippen LogP contribution in [0.5, 0.6) is 5.88 Å². The summed E-state index contributed by atoms with van der Waals surface area (Å²) in [5.41, 5.74) is 2.17. The van der Waals surface area contributed by atoms with Crippen LogP contribution in [0.25, 0.3) is 0 Å². The van der Waals surface area contributed by atoms with Crippen molar-refractivity contribution < 1.29 is 17.9 Å². The third-order valence-corrected chi connectivity index (χ3v) is 3.86. The largest absolute Gasteiger partial charge is 0.468 e. The fraction of sp³-hybridized carbons (Fsp3) is 0.333. The summed E-state index contributed by atoms with van der Waals surface area (Å²) in [6.07, 6.45) is 5.85. The van der Waals surface area contributed by atoms with Crippen LogP contribution in [0, 0.1) is 12.3 Å². The second-order valence-corrected chi connectivity index (χ2v) is 6.16. The molecule has 0 unspecified atom stereocenters. The zero-order chi connectivity index (χ0) is 19.2. The van der Waals surface area contributed by atoms with E-state index in [4.69, 9.17) is 17.0 Å². The molecule has 0 spiro atoms. The predicted molar refractivity (Wildman–Crippen MR) is 95.5 cm³/mol. The lowest BCUT2D eigenvalue weighted by molar-refractivity contribution is -0.154. The molecule has 2 N–H and O–H groups in total. The minimum atomic E-state index is -4.40. The Kier molecular flexibility index (Phi) is 6.85. The summed E-state index contributed by atoms with van der Waals surface area (Å²) < 4.78 is 41.3. The van der Waals surface area contributed by atoms with Gasteiger partial charge in [0, 0.05) is 35.1 Å². The monoisotopic (exact) mass is 385 g/mol. The van der Waals surface area contributed by atoms with Crippen molar-refractivity contribution in [3.63, 3.8) is 0 Å². The number of pyridine rings is 1. The third-order valence-electron chi connectivity index (χ3n) is 3.50. The van der Waals surface area contributed by atoms with Crippen molar-refractivity contribution >= 4 is 17.3 Å². The SMILES string of the molecule is Cc1cc(CN/C=C2C(=N)/C=C\CC/C=C\2Cl)cnc1OCC(F)(F)F. The van der Waals surface area contributed by atoms with Crippen LogP contribution in [0.1, 0.15) is 24.0 Å². The molecule has 26 heavy (non-hydrogen) atoms. The summed E-state index contributed by atoms with van der Waals surface area (Å²) >= 11 is 6.21. The van der Waals surface area contributed by atoms with Crippen molar-refractivity contribution in [3.05, 3.63) is 58.4 Å². The zero-order valence-corrected chi connectivity index (χ0v) is 14.9. The number of nitrogens with one attached hydrogen (secondary N) is 2. The molecule has 1 heterocycles. The van der Waals surface area contributed by atoms with E-state index in [1.807, 2.05) is 12.2 Å². The van der Waals surface area contributed by atoms with Gasteiger partial charge in [0.25, 0.3) is 0 Å². The summed E-state index contributed by atoms with van der Waals surface area (Å²) in [5.74, 6) is -0.0395. The Hall–Kier alpha value is -2.28. The molecule has 1 aliphatic rings. The summed E-state index contributed by atoms with van der Waals surface area (Å²) in [6.45, 7) is 0.651. The molecule has 0 saturated carbocycles. The van der Waals surface area contributed by atoms with Crippen LogP contribution >= 0.6 is 11.6 Å². The summed E-state index contributed by atoms with van der Waals surface area (Å²) in [4.78, 5) is 3.93. The number of allylic oxidation sites excluding steroid dienone is 5. The second kappa shape index (κ2) is 8.89. The molecule has 1 aliphatic carbocycles. The van der Waals surface area contributed by atoms with Crippen LogP contribution in [0.3, 0.4) is 0 Å². The third kappa shape index (κ3) is 6.22. The molecular weight excluding hydrogens is 367 g/mol. The molecule has 0 saturated heterocycles. The highest BCUT2D eigenvalue weighted by atomic mass is 35.5. The highest BCUT2D eigenvalue weighted by molar-refractivity contribution is 6.36. The van der Waals surface area contributed by atoms with Gasteiger partial charge in [-0.3, -0.25) is 0 Å². The minimum absolute atomic E-state index is 0.0395. The number of halogens is 4. The van der Waals surface area contributed by atoms with Crippen LogP contribution in [0.2, 0.25) is 0 Å². The maximum absolute atomic E-state index is 12.2. The van der Waals surface area contributed by atoms with Gasteiger partial charge in [0.15, 0.2) is 6.61 Å². The van der Waals surface area contributed by atoms with Gasteiger partial charge < -0.3 is 15.5 Å². The normalized spacial score (nSPS) is 20.1. The molecule has 8 heteroatoms. The maximum Gasteiger partial charge on any atom is 0.422 e. The Morgan fingerprint density at radius 3 is 2.85 bits per heavy atom. The topological polar surface area (TPSA) is 58.0 Å². The van der Waals surface area contributed by atoms with E-state index in [-0.39, 0.29) is 5.88 Å². The van der Waals surface area contributed by atoms with Gasteiger partial charge in [-0.1, -0.05) is 23.8 Å². The first-order chi connectivity index (χ1) is 12.3. The number of nitrogens with zero attached hydrogens (tertiary/aromatic N) is 1. The number of hydrogen-bond donors (Lipinski definition) is 2. The molecule has 0 amide bonds. The fourth-order valence-electron chi connectivity index (χ4n) is 2.27. The van der Waals surface area contributed by atoms with Gasteiger partial charge in [-0.2, -0.15) is 13.2 Å². The van der Waals surface area contributed by atoms with Gasteiger partial charge in [-0.05, 0) is 37.5 Å². The number of hydrogen-bond acceptors (Lipinski definition) is 4. The quantitative estimate of drug-likeness (QED) is 0.765. The fourth-order valence-corrected chi connectivity index (χ4v) is 2.54. The van der Waals surface area contributed by atoms with Crippen molar-refractivity contribution in [3.8, 4) is 5.88 Å². The predicted octanol–water partition coefficient (Wildman–Crippen LogP) is 4.80. The van der Waals surface area contributed by atoms with E-state index in [1.165, 1.54) is 6.20 Å². The molecule has 1 aromatic heterocycles. The number of ether oxygens (including phenoxy) is 1. The molecule has 140 valence electrons. The van der Waals surface area contributed by atoms with Crippen molar-refractivity contribution in [2.45, 2.75) is 32.5 Å². The lowest BCUT2D eigenvalue weighted by Gasteiger charge is -2.12. The van der Waals surface area contributed by atoms with E-state index in [9.17, 15) is 13.2 Å². The average Bonchev–Trinajstić information content (AvgIpc) is 2.55. The zero-order valence-electron chi connectivity index (χ0n) is 14.2. The van der Waals surface area contributed by atoms with Crippen molar-refractivity contribution in [1.29, 1.82) is 5.41 Å². The Morgan fingerprint density at radius 1 is 1.38 bits per heavy atom. The van der Waals surface area contributed by atoms with Gasteiger partial charge in [0.05, 0.1) is 5.71 Å². The first-order valence-electron chi connectivity index (χ1n) is 7.96. The van der Waals surface area contributed by atoms with Gasteiger partial charge in [-0.15, -0.1) is 0 Å². The van der Waals surface area contributed by atoms with Crippen LogP contribution in [0.4, 0.5) is 13.2 Å². The van der Waals surface area contributed by atoms with Crippen molar-refractivity contribution in [2.24, 2.45) is 0 Å². The lowest BCUT2D eigenvalue weighted by Crippen LogP contribution is -2.20. The lowest BCUT2D eigenvalue weighted by atomic mass is 10.1. The van der Waals surface area contributed by atoms with Crippen LogP contribution in [-0.4, -0.2) is 23.5 Å². The maximum atomic E-state index is 12.2. The molecule has 4 nitrogen and oxygen atoms in total. The molecular formula is C18H19ClF3N3O. The van der Waals surface area contributed by atoms with E-state index in [0.717, 1.165) is 18.4 Å². The van der Waals surface area contributed by atoms with E-state index in [0.29, 0.717) is 28.4 Å². The van der Waals surface area contributed by atoms with E-state index >= 15 is 0 Å². The molecule has 0 atom stereocenters. The number of aromatic nitrogens is 1. The summed E-state index contributed by atoms with van der Waals surface area (Å²) in [5, 5.41) is 11.6. The van der Waals surface area contributed by atoms with Crippen molar-refractivity contribution in [1.82, 2.24) is 10.3 Å². The van der Waals surface area contributed by atoms with Gasteiger partial charge in [0.2, 0.25) is 5.88 Å². The molecule has 0 fully saturated rings. The Balaban J connectivity index is 2.00. The van der Waals surface area contributed by atoms with Crippen LogP contribution in [-0.2, 0) is 6.54 Å². The molecule has 0 aromatic carbocycles. The van der Waals surface area contributed by atoms with Crippen molar-refractivity contribution in [2.75, 3.05) is 6.61 Å². The van der Waals surface area contributed by atoms with Gasteiger partial charge >= 0.3 is 6.18 Å². The smallest absolute Gasteiger partial charge is 0.422 e. The number of aryl methyl sites for hydroxylation is 1.